The first-order valence-corrected chi connectivity index (χ1v) is 11.6. The van der Waals surface area contributed by atoms with Crippen molar-refractivity contribution in [1.29, 1.82) is 0 Å². The van der Waals surface area contributed by atoms with E-state index in [0.29, 0.717) is 43.2 Å². The molecule has 0 radical (unpaired) electrons. The number of thioether (sulfide) groups is 1. The highest BCUT2D eigenvalue weighted by Gasteiger charge is 2.29. The monoisotopic (exact) mass is 447 g/mol. The van der Waals surface area contributed by atoms with Crippen LogP contribution in [0.4, 0.5) is 5.69 Å². The largest absolute Gasteiger partial charge is 0.506 e. The number of anilines is 1. The summed E-state index contributed by atoms with van der Waals surface area (Å²) in [6, 6.07) is 13.4. The number of carbonyl (C=O) groups is 2. The average Bonchev–Trinajstić information content (AvgIpc) is 2.77. The van der Waals surface area contributed by atoms with Crippen molar-refractivity contribution in [3.8, 4) is 5.75 Å². The van der Waals surface area contributed by atoms with E-state index < -0.39 is 6.04 Å². The van der Waals surface area contributed by atoms with Crippen molar-refractivity contribution >= 4 is 40.9 Å². The van der Waals surface area contributed by atoms with E-state index in [2.05, 4.69) is 10.2 Å². The van der Waals surface area contributed by atoms with Crippen molar-refractivity contribution in [3.05, 3.63) is 59.1 Å². The maximum atomic E-state index is 13.2. The second kappa shape index (κ2) is 10.6. The molecule has 0 aromatic heterocycles. The fourth-order valence-corrected chi connectivity index (χ4v) is 4.19. The minimum absolute atomic E-state index is 0.0820. The van der Waals surface area contributed by atoms with Gasteiger partial charge < -0.3 is 20.2 Å². The van der Waals surface area contributed by atoms with Crippen molar-refractivity contribution in [3.63, 3.8) is 0 Å². The summed E-state index contributed by atoms with van der Waals surface area (Å²) in [6.45, 7) is 2.31. The van der Waals surface area contributed by atoms with Gasteiger partial charge in [-0.3, -0.25) is 9.59 Å². The van der Waals surface area contributed by atoms with E-state index in [1.165, 1.54) is 0 Å². The van der Waals surface area contributed by atoms with Crippen LogP contribution < -0.4 is 10.2 Å². The lowest BCUT2D eigenvalue weighted by Gasteiger charge is -2.37. The van der Waals surface area contributed by atoms with E-state index in [-0.39, 0.29) is 17.6 Å². The van der Waals surface area contributed by atoms with Gasteiger partial charge >= 0.3 is 0 Å². The molecule has 0 spiro atoms. The molecule has 160 valence electrons. The summed E-state index contributed by atoms with van der Waals surface area (Å²) in [5, 5.41) is 13.3. The van der Waals surface area contributed by atoms with Crippen LogP contribution in [0.3, 0.4) is 0 Å². The maximum Gasteiger partial charge on any atom is 0.253 e. The highest BCUT2D eigenvalue weighted by molar-refractivity contribution is 7.98. The van der Waals surface area contributed by atoms with Gasteiger partial charge in [0.15, 0.2) is 0 Å². The summed E-state index contributed by atoms with van der Waals surface area (Å²) < 4.78 is 0. The molecule has 1 saturated heterocycles. The van der Waals surface area contributed by atoms with Crippen LogP contribution in [-0.4, -0.2) is 66.1 Å². The Kier molecular flexibility index (Phi) is 7.87. The number of phenolic OH excluding ortho intramolecular Hbond substituents is 1. The first-order chi connectivity index (χ1) is 14.5. The number of halogens is 1. The van der Waals surface area contributed by atoms with E-state index in [4.69, 9.17) is 11.6 Å². The lowest BCUT2D eigenvalue weighted by molar-refractivity contribution is -0.133. The molecule has 8 heteroatoms. The number of nitrogens with zero attached hydrogens (tertiary/aromatic N) is 2. The van der Waals surface area contributed by atoms with E-state index in [1.54, 1.807) is 53.1 Å². The molecule has 1 atom stereocenters. The van der Waals surface area contributed by atoms with Crippen LogP contribution in [0.25, 0.3) is 0 Å². The van der Waals surface area contributed by atoms with Crippen LogP contribution in [0, 0.1) is 0 Å². The Morgan fingerprint density at radius 1 is 1.10 bits per heavy atom. The average molecular weight is 448 g/mol. The molecule has 0 saturated carbocycles. The third-order valence-corrected chi connectivity index (χ3v) is 6.12. The molecule has 2 amide bonds. The summed E-state index contributed by atoms with van der Waals surface area (Å²) in [6.07, 6.45) is 2.53. The van der Waals surface area contributed by atoms with E-state index in [9.17, 15) is 14.7 Å². The van der Waals surface area contributed by atoms with Crippen LogP contribution in [0.5, 0.6) is 5.75 Å². The summed E-state index contributed by atoms with van der Waals surface area (Å²) in [4.78, 5) is 29.7. The lowest BCUT2D eigenvalue weighted by Crippen LogP contribution is -2.55. The van der Waals surface area contributed by atoms with E-state index >= 15 is 0 Å². The lowest BCUT2D eigenvalue weighted by atomic mass is 10.1. The number of amides is 2. The second-order valence-electron chi connectivity index (χ2n) is 7.09. The molecule has 1 unspecified atom stereocenters. The Balaban J connectivity index is 1.65. The topological polar surface area (TPSA) is 72.9 Å². The van der Waals surface area contributed by atoms with Crippen LogP contribution >= 0.6 is 23.4 Å². The maximum absolute atomic E-state index is 13.2. The summed E-state index contributed by atoms with van der Waals surface area (Å²) in [5.41, 5.74) is 1.14. The van der Waals surface area contributed by atoms with E-state index in [0.717, 1.165) is 11.4 Å². The zero-order valence-electron chi connectivity index (χ0n) is 16.9. The zero-order chi connectivity index (χ0) is 21.5. The van der Waals surface area contributed by atoms with Crippen molar-refractivity contribution in [2.24, 2.45) is 0 Å². The molecule has 0 bridgehead atoms. The minimum Gasteiger partial charge on any atom is -0.506 e. The Bertz CT molecular complexity index is 887. The number of para-hydroxylation sites is 2. The van der Waals surface area contributed by atoms with E-state index in [1.807, 2.05) is 18.4 Å². The highest BCUT2D eigenvalue weighted by Crippen LogP contribution is 2.27. The van der Waals surface area contributed by atoms with Gasteiger partial charge in [0.25, 0.3) is 5.91 Å². The number of hydrogen-bond acceptors (Lipinski definition) is 5. The van der Waals surface area contributed by atoms with Gasteiger partial charge in [0, 0.05) is 26.2 Å². The summed E-state index contributed by atoms with van der Waals surface area (Å²) in [5.74, 6) is 0.577. The van der Waals surface area contributed by atoms with Crippen LogP contribution in [0.15, 0.2) is 48.5 Å². The predicted octanol–water partition coefficient (Wildman–Crippen LogP) is 3.25. The molecule has 3 rings (SSSR count). The molecular weight excluding hydrogens is 422 g/mol. The number of benzene rings is 2. The molecule has 2 N–H and O–H groups in total. The SMILES string of the molecule is CSCCC(NC(=O)c1ccccc1Cl)C(=O)N1CCN(c2ccccc2O)CC1. The quantitative estimate of drug-likeness (QED) is 0.681. The van der Waals surface area contributed by atoms with Gasteiger partial charge in [-0.15, -0.1) is 0 Å². The molecule has 2 aromatic carbocycles. The molecule has 2 aromatic rings. The molecule has 1 aliphatic heterocycles. The third-order valence-electron chi connectivity index (χ3n) is 5.15. The molecule has 1 aliphatic rings. The fraction of sp³-hybridized carbons (Fsp3) is 0.364. The first kappa shape index (κ1) is 22.3. The zero-order valence-corrected chi connectivity index (χ0v) is 18.5. The van der Waals surface area contributed by atoms with Gasteiger partial charge in [-0.25, -0.2) is 0 Å². The molecular formula is C22H26ClN3O3S. The number of nitrogens with one attached hydrogen (secondary N) is 1. The normalized spacial score (nSPS) is 15.0. The first-order valence-electron chi connectivity index (χ1n) is 9.87. The molecule has 1 fully saturated rings. The smallest absolute Gasteiger partial charge is 0.253 e. The molecule has 1 heterocycles. The number of carbonyl (C=O) groups excluding carboxylic acids is 2. The van der Waals surface area contributed by atoms with Crippen LogP contribution in [0.2, 0.25) is 5.02 Å². The van der Waals surface area contributed by atoms with Gasteiger partial charge in [0.05, 0.1) is 16.3 Å². The predicted molar refractivity (Wildman–Crippen MR) is 123 cm³/mol. The summed E-state index contributed by atoms with van der Waals surface area (Å²) >= 11 is 7.77. The Hall–Kier alpha value is -2.38. The molecule has 0 aliphatic carbocycles. The Labute approximate surface area is 186 Å². The van der Waals surface area contributed by atoms with Crippen molar-refractivity contribution < 1.29 is 14.7 Å². The van der Waals surface area contributed by atoms with Gasteiger partial charge in [0.2, 0.25) is 5.91 Å². The Morgan fingerprint density at radius 2 is 1.77 bits per heavy atom. The second-order valence-corrected chi connectivity index (χ2v) is 8.48. The van der Waals surface area contributed by atoms with Gasteiger partial charge in [-0.05, 0) is 42.7 Å². The van der Waals surface area contributed by atoms with Gasteiger partial charge in [0.1, 0.15) is 11.8 Å². The van der Waals surface area contributed by atoms with Gasteiger partial charge in [-0.2, -0.15) is 11.8 Å². The fourth-order valence-electron chi connectivity index (χ4n) is 3.49. The highest BCUT2D eigenvalue weighted by atomic mass is 35.5. The van der Waals surface area contributed by atoms with Crippen molar-refractivity contribution in [2.45, 2.75) is 12.5 Å². The molecule has 6 nitrogen and oxygen atoms in total. The number of rotatable bonds is 7. The third kappa shape index (κ3) is 5.40. The van der Waals surface area contributed by atoms with Crippen molar-refractivity contribution in [2.75, 3.05) is 43.1 Å². The molecule has 30 heavy (non-hydrogen) atoms. The van der Waals surface area contributed by atoms with Crippen LogP contribution in [0.1, 0.15) is 16.8 Å². The van der Waals surface area contributed by atoms with Crippen molar-refractivity contribution in [1.82, 2.24) is 10.2 Å². The number of phenols is 1. The number of aromatic hydroxyl groups is 1. The van der Waals surface area contributed by atoms with Gasteiger partial charge in [-0.1, -0.05) is 35.9 Å². The van der Waals surface area contributed by atoms with Crippen LogP contribution in [-0.2, 0) is 4.79 Å². The Morgan fingerprint density at radius 3 is 2.43 bits per heavy atom. The number of hydrogen-bond donors (Lipinski definition) is 2. The standard InChI is InChI=1S/C22H26ClN3O3S/c1-30-15-10-18(24-21(28)16-6-2-3-7-17(16)23)22(29)26-13-11-25(12-14-26)19-8-4-5-9-20(19)27/h2-9,18,27H,10-15H2,1H3,(H,24,28). The summed E-state index contributed by atoms with van der Waals surface area (Å²) in [7, 11) is 0. The minimum atomic E-state index is -0.599. The number of piperazine rings is 1.